The molecule has 1 aliphatic carbocycles. The lowest BCUT2D eigenvalue weighted by Gasteiger charge is -2.28. The highest BCUT2D eigenvalue weighted by Crippen LogP contribution is 2.48. The van der Waals surface area contributed by atoms with E-state index in [1.807, 2.05) is 11.8 Å². The Morgan fingerprint density at radius 1 is 1.65 bits per heavy atom. The van der Waals surface area contributed by atoms with Gasteiger partial charge in [-0.05, 0) is 25.2 Å². The predicted octanol–water partition coefficient (Wildman–Crippen LogP) is 2.28. The molecule has 1 amide bonds. The molecule has 2 rings (SSSR count). The number of rotatable bonds is 4. The molecule has 98 valence electrons. The van der Waals surface area contributed by atoms with Crippen LogP contribution in [-0.4, -0.2) is 43.0 Å². The van der Waals surface area contributed by atoms with Crippen molar-refractivity contribution >= 4 is 17.5 Å². The molecule has 0 bridgehead atoms. The number of nitrogens with zero attached hydrogens (tertiary/aromatic N) is 1. The van der Waals surface area contributed by atoms with Crippen molar-refractivity contribution in [3.05, 3.63) is 0 Å². The van der Waals surface area contributed by atoms with Crippen LogP contribution in [0.3, 0.4) is 0 Å². The zero-order valence-corrected chi connectivity index (χ0v) is 11.5. The summed E-state index contributed by atoms with van der Waals surface area (Å²) in [4.78, 5) is 14.1. The lowest BCUT2D eigenvalue weighted by molar-refractivity contribution is -0.130. The van der Waals surface area contributed by atoms with Crippen molar-refractivity contribution in [2.45, 2.75) is 38.0 Å². The second-order valence-corrected chi connectivity index (χ2v) is 6.01. The lowest BCUT2D eigenvalue weighted by atomic mass is 9.82. The molecule has 2 aliphatic rings. The first-order valence-corrected chi connectivity index (χ1v) is 6.98. The van der Waals surface area contributed by atoms with Crippen LogP contribution in [0.5, 0.6) is 0 Å². The van der Waals surface area contributed by atoms with Crippen LogP contribution in [0.15, 0.2) is 0 Å². The average molecular weight is 260 g/mol. The van der Waals surface area contributed by atoms with Crippen LogP contribution in [0.2, 0.25) is 0 Å². The molecule has 1 aliphatic heterocycles. The number of methoxy groups -OCH3 is 1. The minimum absolute atomic E-state index is 0.110. The summed E-state index contributed by atoms with van der Waals surface area (Å²) in [6.45, 7) is 4.46. The highest BCUT2D eigenvalue weighted by molar-refractivity contribution is 6.30. The Kier molecular flexibility index (Phi) is 3.99. The van der Waals surface area contributed by atoms with Crippen molar-refractivity contribution in [3.63, 3.8) is 0 Å². The predicted molar refractivity (Wildman–Crippen MR) is 68.2 cm³/mol. The second kappa shape index (κ2) is 5.15. The maximum Gasteiger partial charge on any atom is 0.240 e. The lowest BCUT2D eigenvalue weighted by Crippen LogP contribution is -2.38. The molecule has 0 aromatic heterocycles. The van der Waals surface area contributed by atoms with E-state index in [9.17, 15) is 4.79 Å². The molecule has 0 N–H and O–H groups in total. The van der Waals surface area contributed by atoms with Gasteiger partial charge in [0.1, 0.15) is 5.38 Å². The fraction of sp³-hybridized carbons (Fsp3) is 0.923. The van der Waals surface area contributed by atoms with Gasteiger partial charge in [-0.15, -0.1) is 11.6 Å². The van der Waals surface area contributed by atoms with Gasteiger partial charge in [0.05, 0.1) is 6.61 Å². The van der Waals surface area contributed by atoms with Crippen molar-refractivity contribution in [3.8, 4) is 0 Å². The van der Waals surface area contributed by atoms with Crippen LogP contribution in [0.1, 0.15) is 32.6 Å². The monoisotopic (exact) mass is 259 g/mol. The Bertz CT molecular complexity index is 297. The molecule has 1 saturated carbocycles. The van der Waals surface area contributed by atoms with Crippen molar-refractivity contribution in [2.24, 2.45) is 11.3 Å². The summed E-state index contributed by atoms with van der Waals surface area (Å²) in [7, 11) is 1.75. The van der Waals surface area contributed by atoms with Crippen molar-refractivity contribution in [2.75, 3.05) is 26.8 Å². The van der Waals surface area contributed by atoms with Gasteiger partial charge < -0.3 is 9.64 Å². The quantitative estimate of drug-likeness (QED) is 0.725. The molecule has 17 heavy (non-hydrogen) atoms. The zero-order valence-electron chi connectivity index (χ0n) is 10.7. The number of halogens is 1. The summed E-state index contributed by atoms with van der Waals surface area (Å²) in [6.07, 6.45) is 4.40. The van der Waals surface area contributed by atoms with Crippen LogP contribution >= 0.6 is 11.6 Å². The fourth-order valence-electron chi connectivity index (χ4n) is 3.48. The largest absolute Gasteiger partial charge is 0.384 e. The summed E-state index contributed by atoms with van der Waals surface area (Å²) in [5.74, 6) is 0.728. The first-order chi connectivity index (χ1) is 8.13. The smallest absolute Gasteiger partial charge is 0.240 e. The van der Waals surface area contributed by atoms with E-state index >= 15 is 0 Å². The van der Waals surface area contributed by atoms with Crippen LogP contribution in [-0.2, 0) is 9.53 Å². The summed E-state index contributed by atoms with van der Waals surface area (Å²) in [6, 6.07) is 0. The van der Waals surface area contributed by atoms with Crippen LogP contribution in [0.4, 0.5) is 0 Å². The van der Waals surface area contributed by atoms with Gasteiger partial charge in [0.25, 0.3) is 0 Å². The maximum atomic E-state index is 12.1. The first-order valence-electron chi connectivity index (χ1n) is 6.55. The molecule has 0 aromatic carbocycles. The molecule has 2 fully saturated rings. The Hall–Kier alpha value is -0.280. The number of carbonyl (C=O) groups is 1. The van der Waals surface area contributed by atoms with Gasteiger partial charge in [0.2, 0.25) is 5.91 Å². The molecule has 0 unspecified atom stereocenters. The molecular formula is C13H22ClNO2. The van der Waals surface area contributed by atoms with E-state index in [2.05, 4.69) is 0 Å². The Morgan fingerprint density at radius 3 is 3.06 bits per heavy atom. The number of fused-ring (bicyclic) bond motifs is 1. The van der Waals surface area contributed by atoms with Crippen molar-refractivity contribution in [1.82, 2.24) is 4.90 Å². The molecule has 4 heteroatoms. The third-order valence-corrected chi connectivity index (χ3v) is 4.90. The van der Waals surface area contributed by atoms with E-state index < -0.39 is 0 Å². The van der Waals surface area contributed by atoms with Gasteiger partial charge in [-0.2, -0.15) is 0 Å². The van der Waals surface area contributed by atoms with Crippen molar-refractivity contribution in [1.29, 1.82) is 0 Å². The number of likely N-dealkylation sites (tertiary alicyclic amines) is 1. The van der Waals surface area contributed by atoms with E-state index in [-0.39, 0.29) is 16.7 Å². The summed E-state index contributed by atoms with van der Waals surface area (Å²) >= 11 is 6.05. The van der Waals surface area contributed by atoms with Gasteiger partial charge in [-0.1, -0.05) is 13.3 Å². The number of hydrogen-bond acceptors (Lipinski definition) is 2. The molecule has 1 saturated heterocycles. The van der Waals surface area contributed by atoms with E-state index in [4.69, 9.17) is 16.3 Å². The minimum Gasteiger partial charge on any atom is -0.384 e. The maximum absolute atomic E-state index is 12.1. The van der Waals surface area contributed by atoms with Crippen LogP contribution < -0.4 is 0 Å². The number of carbonyl (C=O) groups excluding carboxylic acids is 1. The fourth-order valence-corrected chi connectivity index (χ4v) is 3.62. The second-order valence-electron chi connectivity index (χ2n) is 5.48. The highest BCUT2D eigenvalue weighted by atomic mass is 35.5. The SMILES string of the molecule is CC[C@H](Cl)C(=O)N1C[C@H]2CCC[C@]2(COC)C1. The first kappa shape index (κ1) is 13.2. The van der Waals surface area contributed by atoms with Crippen molar-refractivity contribution < 1.29 is 9.53 Å². The van der Waals surface area contributed by atoms with E-state index in [1.165, 1.54) is 19.3 Å². The van der Waals surface area contributed by atoms with Gasteiger partial charge in [0, 0.05) is 25.6 Å². The van der Waals surface area contributed by atoms with Crippen LogP contribution in [0.25, 0.3) is 0 Å². The van der Waals surface area contributed by atoms with E-state index in [1.54, 1.807) is 7.11 Å². The Labute approximate surface area is 108 Å². The van der Waals surface area contributed by atoms with Gasteiger partial charge in [0.15, 0.2) is 0 Å². The standard InChI is InChI=1S/C13H22ClNO2/c1-3-11(14)12(16)15-7-10-5-4-6-13(10,8-15)9-17-2/h10-11H,3-9H2,1-2H3/t10-,11+,13-/m1/s1. The van der Waals surface area contributed by atoms with E-state index in [0.29, 0.717) is 12.3 Å². The Morgan fingerprint density at radius 2 is 2.41 bits per heavy atom. The molecule has 3 nitrogen and oxygen atoms in total. The normalized spacial score (nSPS) is 33.8. The van der Waals surface area contributed by atoms with Gasteiger partial charge >= 0.3 is 0 Å². The third-order valence-electron chi connectivity index (χ3n) is 4.41. The molecule has 0 radical (unpaired) electrons. The Balaban J connectivity index is 2.04. The molecule has 0 aromatic rings. The molecule has 1 heterocycles. The number of hydrogen-bond donors (Lipinski definition) is 0. The molecule has 3 atom stereocenters. The van der Waals surface area contributed by atoms with Gasteiger partial charge in [-0.3, -0.25) is 4.79 Å². The number of alkyl halides is 1. The number of amides is 1. The minimum atomic E-state index is -0.353. The van der Waals surface area contributed by atoms with Crippen LogP contribution in [0, 0.1) is 11.3 Å². The molecular weight excluding hydrogens is 238 g/mol. The third kappa shape index (κ3) is 2.32. The topological polar surface area (TPSA) is 29.5 Å². The van der Waals surface area contributed by atoms with Gasteiger partial charge in [-0.25, -0.2) is 0 Å². The summed E-state index contributed by atoms with van der Waals surface area (Å²) in [5, 5.41) is -0.353. The zero-order chi connectivity index (χ0) is 12.5. The summed E-state index contributed by atoms with van der Waals surface area (Å²) < 4.78 is 5.37. The highest BCUT2D eigenvalue weighted by Gasteiger charge is 2.50. The van der Waals surface area contributed by atoms with E-state index in [0.717, 1.165) is 19.7 Å². The average Bonchev–Trinajstić information content (AvgIpc) is 2.83. The molecule has 0 spiro atoms. The number of ether oxygens (including phenoxy) is 1. The summed E-state index contributed by atoms with van der Waals surface area (Å²) in [5.41, 5.74) is 0.217.